The van der Waals surface area contributed by atoms with Gasteiger partial charge in [0.25, 0.3) is 0 Å². The zero-order chi connectivity index (χ0) is 24.2. The molecule has 0 saturated heterocycles. The lowest BCUT2D eigenvalue weighted by molar-refractivity contribution is 0.0504. The highest BCUT2D eigenvalue weighted by Gasteiger charge is 2.32. The molecule has 0 fully saturated rings. The van der Waals surface area contributed by atoms with Crippen LogP contribution in [0, 0.1) is 0 Å². The van der Waals surface area contributed by atoms with Crippen LogP contribution in [0.5, 0.6) is 0 Å². The van der Waals surface area contributed by atoms with E-state index in [1.165, 1.54) is 6.33 Å². The second kappa shape index (κ2) is 7.58. The maximum Gasteiger partial charge on any atom is 0.407 e. The third-order valence-electron chi connectivity index (χ3n) is 5.63. The lowest BCUT2D eigenvalue weighted by atomic mass is 9.89. The second-order valence-electron chi connectivity index (χ2n) is 9.29. The van der Waals surface area contributed by atoms with E-state index in [0.717, 1.165) is 27.7 Å². The number of para-hydroxylation sites is 1. The van der Waals surface area contributed by atoms with E-state index in [0.29, 0.717) is 35.4 Å². The van der Waals surface area contributed by atoms with Gasteiger partial charge < -0.3 is 20.4 Å². The third-order valence-corrected chi connectivity index (χ3v) is 5.63. The molecule has 0 spiro atoms. The molecule has 0 radical (unpaired) electrons. The SMILES string of the molecule is [2H]c1nc2ccccc2cc1-n1c2c(c3ncnc(N)c31)C[C@@H](NC(=O)OC(C)(C)C)CC2=C. The quantitative estimate of drug-likeness (QED) is 0.475. The molecule has 33 heavy (non-hydrogen) atoms. The number of hydrogen-bond acceptors (Lipinski definition) is 6. The van der Waals surface area contributed by atoms with Gasteiger partial charge in [0.1, 0.15) is 17.4 Å². The van der Waals surface area contributed by atoms with E-state index in [9.17, 15) is 4.79 Å². The number of carbonyl (C=O) groups excluding carboxylic acids is 1. The highest BCUT2D eigenvalue weighted by atomic mass is 16.6. The summed E-state index contributed by atoms with van der Waals surface area (Å²) in [6.45, 7) is 9.79. The van der Waals surface area contributed by atoms with Gasteiger partial charge in [-0.2, -0.15) is 0 Å². The Labute approximate surface area is 192 Å². The van der Waals surface area contributed by atoms with Crippen molar-refractivity contribution >= 4 is 39.4 Å². The average molecular weight is 444 g/mol. The number of nitrogens with one attached hydrogen (secondary N) is 1. The van der Waals surface area contributed by atoms with Crippen molar-refractivity contribution in [2.24, 2.45) is 0 Å². The van der Waals surface area contributed by atoms with Crippen LogP contribution in [-0.2, 0) is 11.2 Å². The fourth-order valence-corrected chi connectivity index (χ4v) is 4.41. The number of nitrogen functional groups attached to an aromatic ring is 1. The van der Waals surface area contributed by atoms with Crippen LogP contribution in [0.15, 0.2) is 49.4 Å². The molecule has 5 rings (SSSR count). The van der Waals surface area contributed by atoms with Crippen molar-refractivity contribution in [2.75, 3.05) is 5.73 Å². The number of nitrogens with zero attached hydrogens (tertiary/aromatic N) is 4. The van der Waals surface area contributed by atoms with Gasteiger partial charge in [-0.05, 0) is 51.3 Å². The number of amides is 1. The summed E-state index contributed by atoms with van der Waals surface area (Å²) in [7, 11) is 0. The van der Waals surface area contributed by atoms with E-state index >= 15 is 0 Å². The molecule has 0 bridgehead atoms. The molecule has 1 aliphatic rings. The highest BCUT2D eigenvalue weighted by Crippen LogP contribution is 2.40. The van der Waals surface area contributed by atoms with Crippen LogP contribution >= 0.6 is 0 Å². The zero-order valence-electron chi connectivity index (χ0n) is 19.8. The van der Waals surface area contributed by atoms with Gasteiger partial charge in [-0.1, -0.05) is 24.8 Å². The van der Waals surface area contributed by atoms with Gasteiger partial charge in [0.15, 0.2) is 5.82 Å². The fourth-order valence-electron chi connectivity index (χ4n) is 4.41. The number of anilines is 1. The van der Waals surface area contributed by atoms with Crippen LogP contribution in [0.3, 0.4) is 0 Å². The van der Waals surface area contributed by atoms with Crippen molar-refractivity contribution in [3.8, 4) is 5.69 Å². The Bertz CT molecular complexity index is 1470. The first-order valence-corrected chi connectivity index (χ1v) is 10.8. The molecule has 0 aliphatic heterocycles. The molecule has 4 aromatic rings. The number of nitrogens with two attached hydrogens (primary N) is 1. The molecule has 8 nitrogen and oxygen atoms in total. The molecule has 3 N–H and O–H groups in total. The van der Waals surface area contributed by atoms with Gasteiger partial charge in [-0.25, -0.2) is 14.8 Å². The molecule has 3 aromatic heterocycles. The van der Waals surface area contributed by atoms with E-state index < -0.39 is 11.7 Å². The first-order valence-electron chi connectivity index (χ1n) is 11.3. The number of benzene rings is 1. The largest absolute Gasteiger partial charge is 0.444 e. The van der Waals surface area contributed by atoms with E-state index in [1.54, 1.807) is 0 Å². The number of pyridine rings is 1. The number of fused-ring (bicyclic) bond motifs is 4. The third kappa shape index (κ3) is 3.77. The Morgan fingerprint density at radius 3 is 2.85 bits per heavy atom. The van der Waals surface area contributed by atoms with Gasteiger partial charge in [-0.3, -0.25) is 4.98 Å². The fraction of sp³-hybridized carbons (Fsp3) is 0.280. The van der Waals surface area contributed by atoms with Crippen molar-refractivity contribution in [1.29, 1.82) is 0 Å². The number of alkyl carbamates (subject to hydrolysis) is 1. The first-order chi connectivity index (χ1) is 16.1. The summed E-state index contributed by atoms with van der Waals surface area (Å²) in [4.78, 5) is 25.6. The Balaban J connectivity index is 1.66. The minimum Gasteiger partial charge on any atom is -0.444 e. The summed E-state index contributed by atoms with van der Waals surface area (Å²) < 4.78 is 16.0. The van der Waals surface area contributed by atoms with Crippen molar-refractivity contribution in [1.82, 2.24) is 24.8 Å². The summed E-state index contributed by atoms with van der Waals surface area (Å²) >= 11 is 0. The van der Waals surface area contributed by atoms with Crippen molar-refractivity contribution in [3.63, 3.8) is 0 Å². The van der Waals surface area contributed by atoms with Crippen LogP contribution in [0.2, 0.25) is 0 Å². The van der Waals surface area contributed by atoms with E-state index in [-0.39, 0.29) is 12.2 Å². The molecular weight excluding hydrogens is 416 g/mol. The van der Waals surface area contributed by atoms with Crippen molar-refractivity contribution < 1.29 is 10.9 Å². The summed E-state index contributed by atoms with van der Waals surface area (Å²) in [5.41, 5.74) is 10.9. The van der Waals surface area contributed by atoms with Crippen LogP contribution in [-0.4, -0.2) is 37.3 Å². The van der Waals surface area contributed by atoms with Gasteiger partial charge in [0, 0.05) is 17.0 Å². The topological polar surface area (TPSA) is 108 Å². The predicted molar refractivity (Wildman–Crippen MR) is 129 cm³/mol. The number of hydrogen-bond donors (Lipinski definition) is 2. The van der Waals surface area contributed by atoms with E-state index in [1.807, 2.05) is 55.7 Å². The lowest BCUT2D eigenvalue weighted by Gasteiger charge is -2.28. The van der Waals surface area contributed by atoms with E-state index in [2.05, 4.69) is 26.8 Å². The van der Waals surface area contributed by atoms with Crippen LogP contribution in [0.25, 0.3) is 33.2 Å². The van der Waals surface area contributed by atoms with Crippen molar-refractivity contribution in [2.45, 2.75) is 45.3 Å². The summed E-state index contributed by atoms with van der Waals surface area (Å²) in [5.74, 6) is 0.302. The molecule has 0 unspecified atom stereocenters. The number of carbonyl (C=O) groups is 1. The zero-order valence-corrected chi connectivity index (χ0v) is 18.8. The van der Waals surface area contributed by atoms with Crippen molar-refractivity contribution in [3.05, 3.63) is 60.7 Å². The van der Waals surface area contributed by atoms with Crippen LogP contribution in [0.1, 0.15) is 39.8 Å². The molecule has 1 aromatic carbocycles. The lowest BCUT2D eigenvalue weighted by Crippen LogP contribution is -2.41. The minimum atomic E-state index is -0.591. The Hall–Kier alpha value is -3.94. The van der Waals surface area contributed by atoms with Crippen LogP contribution < -0.4 is 11.1 Å². The van der Waals surface area contributed by atoms with Gasteiger partial charge in [-0.15, -0.1) is 0 Å². The minimum absolute atomic E-state index is 0.114. The number of ether oxygens (including phenoxy) is 1. The van der Waals surface area contributed by atoms with Gasteiger partial charge >= 0.3 is 6.09 Å². The average Bonchev–Trinajstić information content (AvgIpc) is 3.08. The highest BCUT2D eigenvalue weighted by molar-refractivity contribution is 5.96. The molecule has 1 atom stereocenters. The van der Waals surface area contributed by atoms with Crippen LogP contribution in [0.4, 0.5) is 10.6 Å². The normalized spacial score (nSPS) is 16.5. The maximum atomic E-state index is 12.4. The first kappa shape index (κ1) is 19.7. The maximum absolute atomic E-state index is 12.4. The predicted octanol–water partition coefficient (Wildman–Crippen LogP) is 4.40. The molecule has 3 heterocycles. The molecule has 1 amide bonds. The summed E-state index contributed by atoms with van der Waals surface area (Å²) in [6.07, 6.45) is 2.10. The Morgan fingerprint density at radius 1 is 1.27 bits per heavy atom. The molecule has 1 aliphatic carbocycles. The Morgan fingerprint density at radius 2 is 2.06 bits per heavy atom. The van der Waals surface area contributed by atoms with Gasteiger partial charge in [0.2, 0.25) is 0 Å². The Kier molecular flexibility index (Phi) is 4.53. The molecule has 0 saturated carbocycles. The smallest absolute Gasteiger partial charge is 0.407 e. The standard InChI is InChI=1S/C25H26N6O2/c1-14-9-16(30-24(32)33-25(2,3)4)11-18-20-22(23(26)29-13-28-20)31(21(14)18)17-10-15-7-5-6-8-19(15)27-12-17/h5-8,10,12-13,16H,1,9,11H2,2-4H3,(H,30,32)(H2,26,28,29)/t16-/m0/s1/i12D. The second-order valence-corrected chi connectivity index (χ2v) is 9.29. The number of aromatic nitrogens is 4. The number of rotatable bonds is 2. The molecule has 8 heteroatoms. The monoisotopic (exact) mass is 443 g/mol. The summed E-state index contributed by atoms with van der Waals surface area (Å²) in [6, 6.07) is 9.38. The van der Waals surface area contributed by atoms with Gasteiger partial charge in [0.05, 0.1) is 30.0 Å². The molecular formula is C25H26N6O2. The molecule has 168 valence electrons. The van der Waals surface area contributed by atoms with E-state index in [4.69, 9.17) is 11.8 Å². The summed E-state index contributed by atoms with van der Waals surface area (Å²) in [5, 5.41) is 3.86.